The number of nitrogens with one attached hydrogen (secondary N) is 2. The Morgan fingerprint density at radius 1 is 1.19 bits per heavy atom. The molecule has 4 aromatic rings. The fourth-order valence-corrected chi connectivity index (χ4v) is 3.69. The zero-order valence-corrected chi connectivity index (χ0v) is 18.0. The number of halogens is 1. The number of amides is 1. The monoisotopic (exact) mass is 431 g/mol. The van der Waals surface area contributed by atoms with Gasteiger partial charge in [0.25, 0.3) is 5.56 Å². The third kappa shape index (κ3) is 3.69. The molecule has 7 heteroatoms. The van der Waals surface area contributed by atoms with Gasteiger partial charge in [-0.3, -0.25) is 9.59 Å². The van der Waals surface area contributed by atoms with E-state index in [4.69, 9.17) is 4.74 Å². The SMILES string of the molecule is C=CC(=O)Nc1ccc(Oc2c(C)cccc2C)c(-c2cn(C)c(=O)c3c(F)c[nH]c23)c1. The molecule has 0 fully saturated rings. The van der Waals surface area contributed by atoms with Gasteiger partial charge in [0.2, 0.25) is 5.91 Å². The van der Waals surface area contributed by atoms with Crippen LogP contribution in [0.4, 0.5) is 10.1 Å². The summed E-state index contributed by atoms with van der Waals surface area (Å²) in [5.74, 6) is 0.205. The Balaban J connectivity index is 1.97. The molecule has 0 saturated carbocycles. The highest BCUT2D eigenvalue weighted by Crippen LogP contribution is 2.39. The molecular weight excluding hydrogens is 409 g/mol. The van der Waals surface area contributed by atoms with Crippen LogP contribution in [0.15, 0.2) is 66.2 Å². The van der Waals surface area contributed by atoms with Gasteiger partial charge >= 0.3 is 0 Å². The number of hydrogen-bond acceptors (Lipinski definition) is 3. The maximum atomic E-state index is 14.4. The van der Waals surface area contributed by atoms with Crippen LogP contribution in [0.2, 0.25) is 0 Å². The van der Waals surface area contributed by atoms with Gasteiger partial charge in [0.15, 0.2) is 5.82 Å². The Kier molecular flexibility index (Phi) is 5.40. The summed E-state index contributed by atoms with van der Waals surface area (Å²) in [7, 11) is 1.56. The number of aryl methyl sites for hydroxylation is 3. The van der Waals surface area contributed by atoms with Crippen molar-refractivity contribution < 1.29 is 13.9 Å². The number of anilines is 1. The third-order valence-corrected chi connectivity index (χ3v) is 5.30. The highest BCUT2D eigenvalue weighted by Gasteiger charge is 2.19. The van der Waals surface area contributed by atoms with E-state index in [0.29, 0.717) is 33.8 Å². The molecule has 32 heavy (non-hydrogen) atoms. The van der Waals surface area contributed by atoms with Crippen molar-refractivity contribution in [3.8, 4) is 22.6 Å². The van der Waals surface area contributed by atoms with Crippen LogP contribution < -0.4 is 15.6 Å². The Morgan fingerprint density at radius 3 is 2.59 bits per heavy atom. The van der Waals surface area contributed by atoms with Crippen molar-refractivity contribution in [3.05, 3.63) is 88.7 Å². The van der Waals surface area contributed by atoms with Crippen LogP contribution in [-0.4, -0.2) is 15.5 Å². The highest BCUT2D eigenvalue weighted by molar-refractivity contribution is 6.01. The van der Waals surface area contributed by atoms with Crippen LogP contribution in [0.25, 0.3) is 22.0 Å². The lowest BCUT2D eigenvalue weighted by atomic mass is 10.0. The fourth-order valence-electron chi connectivity index (χ4n) is 3.69. The van der Waals surface area contributed by atoms with Crippen molar-refractivity contribution in [3.63, 3.8) is 0 Å². The first-order valence-electron chi connectivity index (χ1n) is 9.98. The maximum absolute atomic E-state index is 14.4. The lowest BCUT2D eigenvalue weighted by molar-refractivity contribution is -0.111. The van der Waals surface area contributed by atoms with Gasteiger partial charge in [-0.15, -0.1) is 0 Å². The Labute approximate surface area is 184 Å². The first-order valence-corrected chi connectivity index (χ1v) is 9.98. The van der Waals surface area contributed by atoms with Crippen LogP contribution in [0.1, 0.15) is 11.1 Å². The predicted molar refractivity (Wildman–Crippen MR) is 124 cm³/mol. The Morgan fingerprint density at radius 2 is 1.91 bits per heavy atom. The number of ether oxygens (including phenoxy) is 1. The minimum absolute atomic E-state index is 0.0384. The number of fused-ring (bicyclic) bond motifs is 1. The van der Waals surface area contributed by atoms with Crippen molar-refractivity contribution in [2.75, 3.05) is 5.32 Å². The number of aromatic amines is 1. The summed E-state index contributed by atoms with van der Waals surface area (Å²) < 4.78 is 22.0. The van der Waals surface area contributed by atoms with Gasteiger partial charge < -0.3 is 19.6 Å². The number of hydrogen-bond donors (Lipinski definition) is 2. The van der Waals surface area contributed by atoms with E-state index in [1.807, 2.05) is 32.0 Å². The largest absolute Gasteiger partial charge is 0.456 e. The number of aromatic nitrogens is 2. The molecule has 1 amide bonds. The summed E-state index contributed by atoms with van der Waals surface area (Å²) in [4.78, 5) is 27.2. The first kappa shape index (κ1) is 21.1. The number of benzene rings is 2. The molecule has 0 unspecified atom stereocenters. The number of rotatable bonds is 5. The minimum atomic E-state index is -0.629. The van der Waals surface area contributed by atoms with Crippen molar-refractivity contribution >= 4 is 22.5 Å². The van der Waals surface area contributed by atoms with E-state index in [9.17, 15) is 14.0 Å². The van der Waals surface area contributed by atoms with E-state index in [-0.39, 0.29) is 11.3 Å². The molecule has 0 aliphatic rings. The smallest absolute Gasteiger partial charge is 0.262 e. The third-order valence-electron chi connectivity index (χ3n) is 5.30. The first-order chi connectivity index (χ1) is 15.3. The minimum Gasteiger partial charge on any atom is -0.456 e. The zero-order valence-electron chi connectivity index (χ0n) is 18.0. The number of H-pyrrole nitrogens is 1. The van der Waals surface area contributed by atoms with E-state index in [1.165, 1.54) is 10.6 Å². The predicted octanol–water partition coefficient (Wildman–Crippen LogP) is 5.21. The second-order valence-corrected chi connectivity index (χ2v) is 7.57. The number of carbonyl (C=O) groups is 1. The van der Waals surface area contributed by atoms with Crippen LogP contribution in [0.3, 0.4) is 0 Å². The van der Waals surface area contributed by atoms with Crippen LogP contribution >= 0.6 is 0 Å². The van der Waals surface area contributed by atoms with Crippen LogP contribution in [0, 0.1) is 19.7 Å². The highest BCUT2D eigenvalue weighted by atomic mass is 19.1. The van der Waals surface area contributed by atoms with E-state index >= 15 is 0 Å². The molecule has 0 bridgehead atoms. The summed E-state index contributed by atoms with van der Waals surface area (Å²) in [6.07, 6.45) is 3.95. The molecular formula is C25H22FN3O3. The summed E-state index contributed by atoms with van der Waals surface area (Å²) in [6, 6.07) is 11.0. The van der Waals surface area contributed by atoms with Crippen molar-refractivity contribution in [1.82, 2.24) is 9.55 Å². The molecule has 6 nitrogen and oxygen atoms in total. The lowest BCUT2D eigenvalue weighted by Gasteiger charge is -2.17. The number of pyridine rings is 1. The van der Waals surface area contributed by atoms with E-state index < -0.39 is 11.4 Å². The van der Waals surface area contributed by atoms with E-state index in [0.717, 1.165) is 17.3 Å². The van der Waals surface area contributed by atoms with E-state index in [1.54, 1.807) is 31.4 Å². The molecule has 0 radical (unpaired) electrons. The summed E-state index contributed by atoms with van der Waals surface area (Å²) in [6.45, 7) is 7.37. The zero-order chi connectivity index (χ0) is 23.0. The molecule has 2 aromatic carbocycles. The molecule has 2 N–H and O–H groups in total. The second-order valence-electron chi connectivity index (χ2n) is 7.57. The second kappa shape index (κ2) is 8.19. The quantitative estimate of drug-likeness (QED) is 0.426. The Bertz CT molecular complexity index is 1410. The molecule has 0 saturated heterocycles. The molecule has 0 spiro atoms. The molecule has 2 aromatic heterocycles. The van der Waals surface area contributed by atoms with E-state index in [2.05, 4.69) is 16.9 Å². The van der Waals surface area contributed by atoms with Gasteiger partial charge in [-0.2, -0.15) is 0 Å². The van der Waals surface area contributed by atoms with Gasteiger partial charge in [-0.1, -0.05) is 24.8 Å². The topological polar surface area (TPSA) is 76.1 Å². The molecule has 2 heterocycles. The number of nitrogens with zero attached hydrogens (tertiary/aromatic N) is 1. The lowest BCUT2D eigenvalue weighted by Crippen LogP contribution is -2.17. The average molecular weight is 431 g/mol. The van der Waals surface area contributed by atoms with Crippen molar-refractivity contribution in [2.24, 2.45) is 7.05 Å². The van der Waals surface area contributed by atoms with Gasteiger partial charge in [-0.05, 0) is 49.2 Å². The van der Waals surface area contributed by atoms with Crippen LogP contribution in [0.5, 0.6) is 11.5 Å². The standard InChI is InChI=1S/C25H22FN3O3/c1-5-21(30)28-16-9-10-20(32-24-14(2)7-6-8-15(24)3)17(11-16)18-13-29(4)25(31)22-19(26)12-27-23(18)22/h5-13,27H,1H2,2-4H3,(H,28,30). The molecule has 4 rings (SSSR count). The number of carbonyl (C=O) groups excluding carboxylic acids is 1. The fraction of sp³-hybridized carbons (Fsp3) is 0.120. The molecule has 0 atom stereocenters. The van der Waals surface area contributed by atoms with Crippen LogP contribution in [-0.2, 0) is 11.8 Å². The molecule has 0 aliphatic carbocycles. The summed E-state index contributed by atoms with van der Waals surface area (Å²) in [5, 5.41) is 2.69. The van der Waals surface area contributed by atoms with Gasteiger partial charge in [0.1, 0.15) is 16.9 Å². The van der Waals surface area contributed by atoms with Gasteiger partial charge in [0.05, 0.1) is 5.52 Å². The average Bonchev–Trinajstić information content (AvgIpc) is 3.16. The van der Waals surface area contributed by atoms with Crippen molar-refractivity contribution in [1.29, 1.82) is 0 Å². The van der Waals surface area contributed by atoms with Gasteiger partial charge in [0, 0.05) is 36.3 Å². The summed E-state index contributed by atoms with van der Waals surface area (Å²) >= 11 is 0. The van der Waals surface area contributed by atoms with Crippen molar-refractivity contribution in [2.45, 2.75) is 13.8 Å². The Hall–Kier alpha value is -4.13. The molecule has 0 aliphatic heterocycles. The maximum Gasteiger partial charge on any atom is 0.262 e. The number of para-hydroxylation sites is 1. The van der Waals surface area contributed by atoms with Gasteiger partial charge in [-0.25, -0.2) is 4.39 Å². The normalized spacial score (nSPS) is 10.9. The summed E-state index contributed by atoms with van der Waals surface area (Å²) in [5.41, 5.74) is 3.46. The molecule has 162 valence electrons.